The Hall–Kier alpha value is -0.350. The molecule has 0 radical (unpaired) electrons. The number of rotatable bonds is 3. The van der Waals surface area contributed by atoms with Gasteiger partial charge < -0.3 is 0 Å². The van der Waals surface area contributed by atoms with Crippen molar-refractivity contribution in [2.45, 2.75) is 6.42 Å². The summed E-state index contributed by atoms with van der Waals surface area (Å²) in [5.74, 6) is -0.226. The lowest BCUT2D eigenvalue weighted by molar-refractivity contribution is 0.483. The lowest BCUT2D eigenvalue weighted by atomic mass is 10.5. The van der Waals surface area contributed by atoms with Crippen molar-refractivity contribution in [3.05, 3.63) is 12.7 Å². The van der Waals surface area contributed by atoms with E-state index in [0.717, 1.165) is 0 Å². The molecule has 0 bridgehead atoms. The largest absolute Gasteiger partial charge is 0.286 e. The minimum absolute atomic E-state index is 0.226. The second-order valence-electron chi connectivity index (χ2n) is 1.36. The van der Waals surface area contributed by atoms with E-state index >= 15 is 0 Å². The topological polar surface area (TPSA) is 54.4 Å². The van der Waals surface area contributed by atoms with Gasteiger partial charge in [-0.25, -0.2) is 0 Å². The Labute approximate surface area is 48.8 Å². The fourth-order valence-corrected chi connectivity index (χ4v) is 0.697. The molecule has 0 aromatic heterocycles. The van der Waals surface area contributed by atoms with Gasteiger partial charge in [0, 0.05) is 0 Å². The first kappa shape index (κ1) is 7.65. The minimum Gasteiger partial charge on any atom is -0.286 e. The van der Waals surface area contributed by atoms with Crippen molar-refractivity contribution < 1.29 is 13.0 Å². The fraction of sp³-hybridized carbons (Fsp3) is 0.500. The van der Waals surface area contributed by atoms with Crippen LogP contribution in [0.15, 0.2) is 12.7 Å². The Balaban J connectivity index is 3.57. The summed E-state index contributed by atoms with van der Waals surface area (Å²) in [5.41, 5.74) is 0. The molecule has 0 aromatic carbocycles. The van der Waals surface area contributed by atoms with E-state index in [1.807, 2.05) is 0 Å². The number of hydrogen-bond donors (Lipinski definition) is 1. The summed E-state index contributed by atoms with van der Waals surface area (Å²) in [4.78, 5) is 0. The molecule has 4 heteroatoms. The van der Waals surface area contributed by atoms with Crippen LogP contribution in [0.5, 0.6) is 0 Å². The highest BCUT2D eigenvalue weighted by Crippen LogP contribution is 1.86. The van der Waals surface area contributed by atoms with Crippen LogP contribution in [0.3, 0.4) is 0 Å². The average molecular weight is 136 g/mol. The molecule has 0 aromatic rings. The zero-order valence-electron chi connectivity index (χ0n) is 4.37. The maximum Gasteiger partial charge on any atom is 0.265 e. The van der Waals surface area contributed by atoms with Gasteiger partial charge in [0.25, 0.3) is 10.1 Å². The highest BCUT2D eigenvalue weighted by Gasteiger charge is 1.99. The van der Waals surface area contributed by atoms with Gasteiger partial charge in [0.05, 0.1) is 5.75 Å². The van der Waals surface area contributed by atoms with E-state index in [1.165, 1.54) is 6.08 Å². The third-order valence-corrected chi connectivity index (χ3v) is 1.33. The molecule has 0 aliphatic rings. The standard InChI is InChI=1S/C4H8O3S/c1-2-3-4-8(5,6)7/h2H,1,3-4H2,(H,5,6,7). The maximum absolute atomic E-state index is 9.90. The smallest absolute Gasteiger partial charge is 0.265 e. The van der Waals surface area contributed by atoms with Gasteiger partial charge in [-0.05, 0) is 6.42 Å². The van der Waals surface area contributed by atoms with Gasteiger partial charge in [-0.15, -0.1) is 6.58 Å². The maximum atomic E-state index is 9.90. The first-order chi connectivity index (χ1) is 3.56. The van der Waals surface area contributed by atoms with Gasteiger partial charge in [0.2, 0.25) is 0 Å². The summed E-state index contributed by atoms with van der Waals surface area (Å²) in [6.07, 6.45) is 1.74. The summed E-state index contributed by atoms with van der Waals surface area (Å²) in [7, 11) is -3.76. The van der Waals surface area contributed by atoms with E-state index in [0.29, 0.717) is 6.42 Å². The van der Waals surface area contributed by atoms with Gasteiger partial charge in [-0.3, -0.25) is 4.55 Å². The SMILES string of the molecule is C=CCCS(=O)(=O)O. The van der Waals surface area contributed by atoms with Crippen molar-refractivity contribution in [3.63, 3.8) is 0 Å². The Morgan fingerprint density at radius 1 is 1.62 bits per heavy atom. The van der Waals surface area contributed by atoms with E-state index in [9.17, 15) is 8.42 Å². The highest BCUT2D eigenvalue weighted by molar-refractivity contribution is 7.85. The Morgan fingerprint density at radius 2 is 2.12 bits per heavy atom. The van der Waals surface area contributed by atoms with Crippen molar-refractivity contribution in [2.75, 3.05) is 5.75 Å². The van der Waals surface area contributed by atoms with E-state index in [1.54, 1.807) is 0 Å². The third kappa shape index (κ3) is 5.65. The summed E-state index contributed by atoms with van der Waals surface area (Å²) in [5, 5.41) is 0. The Bertz CT molecular complexity index is 156. The summed E-state index contributed by atoms with van der Waals surface area (Å²) < 4.78 is 27.9. The van der Waals surface area contributed by atoms with Crippen LogP contribution in [0.4, 0.5) is 0 Å². The molecular formula is C4H8O3S. The molecule has 0 saturated heterocycles. The fourth-order valence-electron chi connectivity index (χ4n) is 0.232. The van der Waals surface area contributed by atoms with Crippen molar-refractivity contribution in [3.8, 4) is 0 Å². The van der Waals surface area contributed by atoms with Gasteiger partial charge in [-0.2, -0.15) is 8.42 Å². The molecule has 0 aliphatic carbocycles. The first-order valence-electron chi connectivity index (χ1n) is 2.12. The second kappa shape index (κ2) is 2.84. The minimum atomic E-state index is -3.76. The molecule has 8 heavy (non-hydrogen) atoms. The first-order valence-corrected chi connectivity index (χ1v) is 3.73. The van der Waals surface area contributed by atoms with Gasteiger partial charge in [0.1, 0.15) is 0 Å². The zero-order chi connectivity index (χ0) is 6.62. The summed E-state index contributed by atoms with van der Waals surface area (Å²) in [6, 6.07) is 0. The van der Waals surface area contributed by atoms with Crippen LogP contribution in [-0.2, 0) is 10.1 Å². The predicted molar refractivity (Wildman–Crippen MR) is 31.2 cm³/mol. The molecule has 48 valence electrons. The molecule has 0 heterocycles. The van der Waals surface area contributed by atoms with Crippen molar-refractivity contribution >= 4 is 10.1 Å². The van der Waals surface area contributed by atoms with Gasteiger partial charge in [0.15, 0.2) is 0 Å². The molecule has 0 spiro atoms. The molecule has 0 rings (SSSR count). The quantitative estimate of drug-likeness (QED) is 0.452. The molecule has 1 N–H and O–H groups in total. The van der Waals surface area contributed by atoms with Crippen molar-refractivity contribution in [1.82, 2.24) is 0 Å². The van der Waals surface area contributed by atoms with Crippen LogP contribution in [0.25, 0.3) is 0 Å². The van der Waals surface area contributed by atoms with E-state index in [2.05, 4.69) is 6.58 Å². The summed E-state index contributed by atoms with van der Waals surface area (Å²) in [6.45, 7) is 3.29. The lowest BCUT2D eigenvalue weighted by Crippen LogP contribution is -2.01. The van der Waals surface area contributed by atoms with E-state index in [4.69, 9.17) is 4.55 Å². The zero-order valence-corrected chi connectivity index (χ0v) is 5.19. The average Bonchev–Trinajstić information content (AvgIpc) is 1.59. The van der Waals surface area contributed by atoms with Crippen LogP contribution in [-0.4, -0.2) is 18.7 Å². The van der Waals surface area contributed by atoms with Crippen molar-refractivity contribution in [2.24, 2.45) is 0 Å². The molecule has 0 aliphatic heterocycles. The predicted octanol–water partition coefficient (Wildman–Crippen LogP) is 0.450. The summed E-state index contributed by atoms with van der Waals surface area (Å²) >= 11 is 0. The van der Waals surface area contributed by atoms with Gasteiger partial charge in [-0.1, -0.05) is 6.08 Å². The molecule has 0 fully saturated rings. The monoisotopic (exact) mass is 136 g/mol. The number of hydrogen-bond acceptors (Lipinski definition) is 2. The van der Waals surface area contributed by atoms with Crippen LogP contribution < -0.4 is 0 Å². The molecule has 0 amide bonds. The normalized spacial score (nSPS) is 11.1. The van der Waals surface area contributed by atoms with E-state index in [-0.39, 0.29) is 5.75 Å². The highest BCUT2D eigenvalue weighted by atomic mass is 32.2. The van der Waals surface area contributed by atoms with Crippen LogP contribution in [0, 0.1) is 0 Å². The molecular weight excluding hydrogens is 128 g/mol. The molecule has 0 unspecified atom stereocenters. The Morgan fingerprint density at radius 3 is 2.25 bits per heavy atom. The number of allylic oxidation sites excluding steroid dienone is 1. The lowest BCUT2D eigenvalue weighted by Gasteiger charge is -1.87. The molecule has 0 atom stereocenters. The third-order valence-electron chi connectivity index (χ3n) is 0.580. The van der Waals surface area contributed by atoms with E-state index < -0.39 is 10.1 Å². The van der Waals surface area contributed by atoms with Crippen LogP contribution in [0.2, 0.25) is 0 Å². The van der Waals surface area contributed by atoms with Crippen molar-refractivity contribution in [1.29, 1.82) is 0 Å². The van der Waals surface area contributed by atoms with Gasteiger partial charge >= 0.3 is 0 Å². The Kier molecular flexibility index (Phi) is 2.71. The van der Waals surface area contributed by atoms with Crippen LogP contribution in [0.1, 0.15) is 6.42 Å². The van der Waals surface area contributed by atoms with Crippen LogP contribution >= 0.6 is 0 Å². The second-order valence-corrected chi connectivity index (χ2v) is 2.94. The molecule has 0 saturated carbocycles. The molecule has 3 nitrogen and oxygen atoms in total.